The molecule has 6 heteroatoms. The number of nitrogen functional groups attached to an aromatic ring is 1. The lowest BCUT2D eigenvalue weighted by atomic mass is 10.2. The van der Waals surface area contributed by atoms with E-state index in [0.29, 0.717) is 17.4 Å². The van der Waals surface area contributed by atoms with Crippen LogP contribution in [0.4, 0.5) is 5.69 Å². The molecule has 1 aliphatic rings. The zero-order valence-corrected chi connectivity index (χ0v) is 9.60. The van der Waals surface area contributed by atoms with Gasteiger partial charge in [-0.2, -0.15) is 5.10 Å². The molecule has 1 aromatic rings. The minimum atomic E-state index is -0.0602. The Hall–Kier alpha value is -1.56. The third-order valence-corrected chi connectivity index (χ3v) is 3.13. The van der Waals surface area contributed by atoms with E-state index in [1.165, 1.54) is 6.20 Å². The quantitative estimate of drug-likeness (QED) is 0.689. The largest absolute Gasteiger partial charge is 0.396 e. The molecular formula is C10H17N5O. The molecule has 16 heavy (non-hydrogen) atoms. The van der Waals surface area contributed by atoms with Crippen LogP contribution in [0, 0.1) is 0 Å². The minimum Gasteiger partial charge on any atom is -0.396 e. The van der Waals surface area contributed by atoms with Crippen molar-refractivity contribution in [3.63, 3.8) is 0 Å². The highest BCUT2D eigenvalue weighted by atomic mass is 16.2. The van der Waals surface area contributed by atoms with Gasteiger partial charge in [0.2, 0.25) is 0 Å². The maximum atomic E-state index is 12.1. The smallest absolute Gasteiger partial charge is 0.274 e. The zero-order valence-electron chi connectivity index (χ0n) is 9.60. The lowest BCUT2D eigenvalue weighted by Gasteiger charge is -2.37. The van der Waals surface area contributed by atoms with E-state index in [1.54, 1.807) is 0 Å². The number of aromatic nitrogens is 2. The van der Waals surface area contributed by atoms with Gasteiger partial charge in [-0.25, -0.2) is 0 Å². The number of H-pyrrole nitrogens is 1. The van der Waals surface area contributed by atoms with Gasteiger partial charge in [-0.1, -0.05) is 0 Å². The number of piperazine rings is 1. The average molecular weight is 223 g/mol. The Morgan fingerprint density at radius 1 is 1.62 bits per heavy atom. The fraction of sp³-hybridized carbons (Fsp3) is 0.600. The summed E-state index contributed by atoms with van der Waals surface area (Å²) in [6, 6.07) is 0.377. The zero-order chi connectivity index (χ0) is 11.7. The van der Waals surface area contributed by atoms with E-state index in [-0.39, 0.29) is 5.91 Å². The molecule has 0 bridgehead atoms. The number of nitrogens with zero attached hydrogens (tertiary/aromatic N) is 3. The molecule has 1 saturated heterocycles. The van der Waals surface area contributed by atoms with Gasteiger partial charge in [0.1, 0.15) is 5.69 Å². The summed E-state index contributed by atoms with van der Waals surface area (Å²) in [7, 11) is 2.07. The molecule has 0 radical (unpaired) electrons. The maximum Gasteiger partial charge on any atom is 0.274 e. The Balaban J connectivity index is 2.09. The molecule has 0 aromatic carbocycles. The van der Waals surface area contributed by atoms with Gasteiger partial charge in [0, 0.05) is 25.7 Å². The van der Waals surface area contributed by atoms with Crippen LogP contribution in [0.5, 0.6) is 0 Å². The number of anilines is 1. The molecule has 0 spiro atoms. The van der Waals surface area contributed by atoms with Crippen LogP contribution in [-0.4, -0.2) is 58.6 Å². The van der Waals surface area contributed by atoms with Crippen molar-refractivity contribution in [3.05, 3.63) is 11.9 Å². The molecule has 1 amide bonds. The van der Waals surface area contributed by atoms with Gasteiger partial charge in [-0.3, -0.25) is 9.89 Å². The number of carbonyl (C=O) groups is 1. The number of nitrogens with one attached hydrogen (secondary N) is 1. The predicted molar refractivity (Wildman–Crippen MR) is 61.0 cm³/mol. The monoisotopic (exact) mass is 223 g/mol. The summed E-state index contributed by atoms with van der Waals surface area (Å²) in [6.45, 7) is 4.46. The first kappa shape index (κ1) is 10.9. The molecule has 1 aromatic heterocycles. The normalized spacial score (nSPS) is 22.4. The van der Waals surface area contributed by atoms with E-state index in [4.69, 9.17) is 5.73 Å². The predicted octanol–water partition coefficient (Wildman–Crippen LogP) is -0.232. The lowest BCUT2D eigenvalue weighted by molar-refractivity contribution is 0.0568. The SMILES string of the molecule is CC1CN(C(=O)c2[nH]ncc2N)CCN1C. The van der Waals surface area contributed by atoms with Crippen LogP contribution in [-0.2, 0) is 0 Å². The van der Waals surface area contributed by atoms with Crippen LogP contribution in [0.1, 0.15) is 17.4 Å². The van der Waals surface area contributed by atoms with E-state index in [1.807, 2.05) is 4.90 Å². The van der Waals surface area contributed by atoms with Crippen LogP contribution in [0.3, 0.4) is 0 Å². The van der Waals surface area contributed by atoms with E-state index in [2.05, 4.69) is 29.1 Å². The lowest BCUT2D eigenvalue weighted by Crippen LogP contribution is -2.52. The molecule has 1 fully saturated rings. The molecule has 3 N–H and O–H groups in total. The average Bonchev–Trinajstić information content (AvgIpc) is 2.67. The van der Waals surface area contributed by atoms with E-state index in [0.717, 1.165) is 19.6 Å². The van der Waals surface area contributed by atoms with Crippen LogP contribution < -0.4 is 5.73 Å². The summed E-state index contributed by atoms with van der Waals surface area (Å²) >= 11 is 0. The number of hydrogen-bond donors (Lipinski definition) is 2. The number of rotatable bonds is 1. The van der Waals surface area contributed by atoms with E-state index >= 15 is 0 Å². The number of aromatic amines is 1. The second kappa shape index (κ2) is 4.13. The van der Waals surface area contributed by atoms with Crippen LogP contribution in [0.2, 0.25) is 0 Å². The Labute approximate surface area is 94.4 Å². The summed E-state index contributed by atoms with van der Waals surface area (Å²) in [5.41, 5.74) is 6.47. The van der Waals surface area contributed by atoms with Crippen molar-refractivity contribution in [2.75, 3.05) is 32.4 Å². The molecule has 1 unspecified atom stereocenters. The summed E-state index contributed by atoms with van der Waals surface area (Å²) in [6.07, 6.45) is 1.47. The van der Waals surface area contributed by atoms with Crippen molar-refractivity contribution in [1.29, 1.82) is 0 Å². The number of hydrogen-bond acceptors (Lipinski definition) is 4. The third kappa shape index (κ3) is 1.88. The molecule has 0 aliphatic carbocycles. The van der Waals surface area contributed by atoms with Crippen LogP contribution in [0.15, 0.2) is 6.20 Å². The van der Waals surface area contributed by atoms with Gasteiger partial charge in [-0.05, 0) is 14.0 Å². The third-order valence-electron chi connectivity index (χ3n) is 3.13. The number of likely N-dealkylation sites (N-methyl/N-ethyl adjacent to an activating group) is 1. The van der Waals surface area contributed by atoms with Crippen LogP contribution in [0.25, 0.3) is 0 Å². The van der Waals surface area contributed by atoms with Crippen molar-refractivity contribution in [1.82, 2.24) is 20.0 Å². The fourth-order valence-electron chi connectivity index (χ4n) is 1.86. The number of amides is 1. The second-order valence-electron chi connectivity index (χ2n) is 4.28. The highest BCUT2D eigenvalue weighted by Crippen LogP contribution is 2.13. The second-order valence-corrected chi connectivity index (χ2v) is 4.28. The highest BCUT2D eigenvalue weighted by molar-refractivity contribution is 5.97. The molecule has 2 rings (SSSR count). The van der Waals surface area contributed by atoms with Crippen LogP contribution >= 0.6 is 0 Å². The molecule has 2 heterocycles. The first-order valence-corrected chi connectivity index (χ1v) is 5.38. The molecular weight excluding hydrogens is 206 g/mol. The van der Waals surface area contributed by atoms with Gasteiger partial charge in [0.15, 0.2) is 0 Å². The number of carbonyl (C=O) groups excluding carboxylic acids is 1. The Morgan fingerprint density at radius 3 is 2.94 bits per heavy atom. The summed E-state index contributed by atoms with van der Waals surface area (Å²) in [5, 5.41) is 6.41. The molecule has 1 atom stereocenters. The minimum absolute atomic E-state index is 0.0602. The van der Waals surface area contributed by atoms with Gasteiger partial charge in [0.05, 0.1) is 11.9 Å². The summed E-state index contributed by atoms with van der Waals surface area (Å²) in [4.78, 5) is 16.1. The van der Waals surface area contributed by atoms with Gasteiger partial charge >= 0.3 is 0 Å². The Kier molecular flexibility index (Phi) is 2.82. The topological polar surface area (TPSA) is 78.2 Å². The van der Waals surface area contributed by atoms with Crippen molar-refractivity contribution in [2.24, 2.45) is 0 Å². The van der Waals surface area contributed by atoms with Crippen molar-refractivity contribution >= 4 is 11.6 Å². The van der Waals surface area contributed by atoms with E-state index < -0.39 is 0 Å². The van der Waals surface area contributed by atoms with Crippen molar-refractivity contribution in [3.8, 4) is 0 Å². The maximum absolute atomic E-state index is 12.1. The van der Waals surface area contributed by atoms with Crippen molar-refractivity contribution < 1.29 is 4.79 Å². The molecule has 6 nitrogen and oxygen atoms in total. The fourth-order valence-corrected chi connectivity index (χ4v) is 1.86. The highest BCUT2D eigenvalue weighted by Gasteiger charge is 2.26. The molecule has 0 saturated carbocycles. The molecule has 88 valence electrons. The first-order valence-electron chi connectivity index (χ1n) is 5.38. The van der Waals surface area contributed by atoms with Gasteiger partial charge in [-0.15, -0.1) is 0 Å². The number of nitrogens with two attached hydrogens (primary N) is 1. The van der Waals surface area contributed by atoms with Crippen molar-refractivity contribution in [2.45, 2.75) is 13.0 Å². The standard InChI is InChI=1S/C10H17N5O/c1-7-6-15(4-3-14(7)2)10(16)9-8(11)5-12-13-9/h5,7H,3-4,6,11H2,1-2H3,(H,12,13). The first-order chi connectivity index (χ1) is 7.59. The van der Waals surface area contributed by atoms with Gasteiger partial charge in [0.25, 0.3) is 5.91 Å². The van der Waals surface area contributed by atoms with E-state index in [9.17, 15) is 4.79 Å². The summed E-state index contributed by atoms with van der Waals surface area (Å²) in [5.74, 6) is -0.0602. The Morgan fingerprint density at radius 2 is 2.38 bits per heavy atom. The van der Waals surface area contributed by atoms with Gasteiger partial charge < -0.3 is 15.5 Å². The Bertz CT molecular complexity index is 388. The summed E-state index contributed by atoms with van der Waals surface area (Å²) < 4.78 is 0. The molecule has 1 aliphatic heterocycles.